The zero-order chi connectivity index (χ0) is 9.19. The molecule has 0 aromatic heterocycles. The molecule has 0 aromatic carbocycles. The Morgan fingerprint density at radius 1 is 1.33 bits per heavy atom. The maximum atomic E-state index is 11.4. The number of piperidine rings is 1. The van der Waals surface area contributed by atoms with Crippen molar-refractivity contribution >= 4 is 69.9 Å². The number of likely N-dealkylation sites (tertiary alicyclic amines) is 1. The van der Waals surface area contributed by atoms with Crippen molar-refractivity contribution in [3.63, 3.8) is 0 Å². The molecule has 1 aliphatic rings. The first kappa shape index (κ1) is 12.3. The molecule has 70 valence electrons. The average molecular weight is 565 g/mol. The topological polar surface area (TPSA) is 20.3 Å². The maximum absolute atomic E-state index is 11.4. The molecule has 0 N–H and O–H groups in total. The quantitative estimate of drug-likeness (QED) is 0.373. The predicted molar refractivity (Wildman–Crippen MR) is 78.2 cm³/mol. The summed E-state index contributed by atoms with van der Waals surface area (Å²) in [5, 5.41) is 1.06. The molecule has 0 atom stereocenters. The summed E-state index contributed by atoms with van der Waals surface area (Å²) in [5.41, 5.74) is 0. The van der Waals surface area contributed by atoms with Crippen molar-refractivity contribution in [3.05, 3.63) is 0 Å². The third-order valence-corrected chi connectivity index (χ3v) is 8.66. The van der Waals surface area contributed by atoms with E-state index in [0.717, 1.165) is 24.8 Å². The van der Waals surface area contributed by atoms with Gasteiger partial charge in [0.05, 0.1) is 0 Å². The Morgan fingerprint density at radius 2 is 2.00 bits per heavy atom. The molecule has 1 saturated heterocycles. The summed E-state index contributed by atoms with van der Waals surface area (Å²) < 4.78 is -1.63. The van der Waals surface area contributed by atoms with Crippen LogP contribution >= 0.6 is 60.6 Å². The molecular weight excluding hydrogens is 555 g/mol. The van der Waals surface area contributed by atoms with Gasteiger partial charge in [0, 0.05) is 0 Å². The van der Waals surface area contributed by atoms with Crippen molar-refractivity contribution in [3.8, 4) is 0 Å². The van der Waals surface area contributed by atoms with Crippen LogP contribution in [-0.4, -0.2) is 26.1 Å². The zero-order valence-corrected chi connectivity index (χ0v) is 15.1. The van der Waals surface area contributed by atoms with Gasteiger partial charge in [0.25, 0.3) is 0 Å². The summed E-state index contributed by atoms with van der Waals surface area (Å²) >= 11 is 7.67. The van der Waals surface area contributed by atoms with E-state index in [-0.39, 0.29) is 0 Å². The molecule has 1 amide bonds. The molecular formula is C6H10GeI3NO. The molecule has 0 bridgehead atoms. The van der Waals surface area contributed by atoms with Gasteiger partial charge < -0.3 is 0 Å². The molecule has 0 aliphatic carbocycles. The average Bonchev–Trinajstić information content (AvgIpc) is 1.91. The van der Waals surface area contributed by atoms with Gasteiger partial charge in [-0.05, 0) is 0 Å². The van der Waals surface area contributed by atoms with Gasteiger partial charge in [-0.2, -0.15) is 0 Å². The third-order valence-electron chi connectivity index (χ3n) is 1.79. The summed E-state index contributed by atoms with van der Waals surface area (Å²) in [7, 11) is 0. The fourth-order valence-corrected chi connectivity index (χ4v) is 9.27. The molecule has 12 heavy (non-hydrogen) atoms. The number of amides is 1. The van der Waals surface area contributed by atoms with E-state index < -0.39 is 3.34 Å². The number of hydrogen-bond acceptors (Lipinski definition) is 1. The second-order valence-corrected chi connectivity index (χ2v) is 67.0. The van der Waals surface area contributed by atoms with Crippen LogP contribution in [0.1, 0.15) is 19.3 Å². The molecule has 0 aromatic rings. The normalized spacial score (nSPS) is 19.9. The Balaban J connectivity index is 2.45. The van der Waals surface area contributed by atoms with Gasteiger partial charge in [-0.3, -0.25) is 0 Å². The standard InChI is InChI=1S/C6H10GeI3NO/c8-7(9,10)5-11-4-2-1-3-6(11)12/h1-5H2. The molecule has 1 heterocycles. The second-order valence-electron chi connectivity index (χ2n) is 2.89. The SMILES string of the molecule is O=C1CCCCN1[CH2][Ge]([I])([I])[I]. The number of carbonyl (C=O) groups is 1. The van der Waals surface area contributed by atoms with Crippen molar-refractivity contribution in [1.29, 1.82) is 0 Å². The first-order valence-corrected chi connectivity index (χ1v) is 24.5. The van der Waals surface area contributed by atoms with Crippen LogP contribution in [0, 0.1) is 0 Å². The predicted octanol–water partition coefficient (Wildman–Crippen LogP) is 2.78. The minimum absolute atomic E-state index is 0.376. The summed E-state index contributed by atoms with van der Waals surface area (Å²) in [4.78, 5) is 13.5. The summed E-state index contributed by atoms with van der Waals surface area (Å²) in [5.74, 6) is 0.376. The van der Waals surface area contributed by atoms with Crippen molar-refractivity contribution in [2.75, 3.05) is 11.9 Å². The van der Waals surface area contributed by atoms with E-state index in [2.05, 4.69) is 65.5 Å². The first-order chi connectivity index (χ1) is 5.49. The third kappa shape index (κ3) is 4.62. The van der Waals surface area contributed by atoms with Crippen molar-refractivity contribution in [2.24, 2.45) is 0 Å². The van der Waals surface area contributed by atoms with E-state index >= 15 is 0 Å². The van der Waals surface area contributed by atoms with Crippen LogP contribution < -0.4 is 0 Å². The van der Waals surface area contributed by atoms with Crippen molar-refractivity contribution in [2.45, 2.75) is 19.3 Å². The van der Waals surface area contributed by atoms with Crippen LogP contribution in [-0.2, 0) is 4.79 Å². The Kier molecular flexibility index (Phi) is 5.45. The minimum atomic E-state index is -1.63. The van der Waals surface area contributed by atoms with Gasteiger partial charge in [-0.1, -0.05) is 0 Å². The van der Waals surface area contributed by atoms with Gasteiger partial charge in [0.2, 0.25) is 0 Å². The van der Waals surface area contributed by atoms with Crippen LogP contribution in [0.2, 0.25) is 0 Å². The molecule has 0 radical (unpaired) electrons. The fraction of sp³-hybridized carbons (Fsp3) is 0.833. The molecule has 1 aliphatic heterocycles. The Labute approximate surface area is 109 Å². The number of halogens is 3. The van der Waals surface area contributed by atoms with E-state index in [1.807, 2.05) is 0 Å². The summed E-state index contributed by atoms with van der Waals surface area (Å²) in [6.07, 6.45) is 3.08. The van der Waals surface area contributed by atoms with Crippen molar-refractivity contribution < 1.29 is 4.79 Å². The molecule has 2 nitrogen and oxygen atoms in total. The van der Waals surface area contributed by atoms with E-state index in [1.54, 1.807) is 0 Å². The molecule has 0 spiro atoms. The number of carbonyl (C=O) groups excluding carboxylic acids is 1. The molecule has 6 heteroatoms. The fourth-order valence-electron chi connectivity index (χ4n) is 1.25. The van der Waals surface area contributed by atoms with Crippen LogP contribution in [0.4, 0.5) is 0 Å². The van der Waals surface area contributed by atoms with Crippen LogP contribution in [0.5, 0.6) is 0 Å². The van der Waals surface area contributed by atoms with Gasteiger partial charge in [0.1, 0.15) is 0 Å². The van der Waals surface area contributed by atoms with Crippen LogP contribution in [0.25, 0.3) is 0 Å². The van der Waals surface area contributed by atoms with Gasteiger partial charge in [-0.25, -0.2) is 0 Å². The van der Waals surface area contributed by atoms with E-state index in [1.165, 1.54) is 6.42 Å². The van der Waals surface area contributed by atoms with Crippen LogP contribution in [0.15, 0.2) is 0 Å². The second kappa shape index (κ2) is 5.33. The van der Waals surface area contributed by atoms with E-state index in [4.69, 9.17) is 0 Å². The Hall–Kier alpha value is 2.20. The number of rotatable bonds is 2. The monoisotopic (exact) mass is 567 g/mol. The first-order valence-electron chi connectivity index (χ1n) is 3.83. The Morgan fingerprint density at radius 3 is 2.50 bits per heavy atom. The molecule has 1 rings (SSSR count). The van der Waals surface area contributed by atoms with E-state index in [0.29, 0.717) is 5.91 Å². The van der Waals surface area contributed by atoms with Crippen molar-refractivity contribution in [1.82, 2.24) is 4.90 Å². The summed E-state index contributed by atoms with van der Waals surface area (Å²) in [6.45, 7) is 1.00. The molecule has 0 saturated carbocycles. The molecule has 1 fully saturated rings. The van der Waals surface area contributed by atoms with Crippen LogP contribution in [0.3, 0.4) is 0 Å². The molecule has 0 unspecified atom stereocenters. The van der Waals surface area contributed by atoms with Gasteiger partial charge >= 0.3 is 111 Å². The zero-order valence-electron chi connectivity index (χ0n) is 6.52. The number of nitrogens with zero attached hydrogens (tertiary/aromatic N) is 1. The van der Waals surface area contributed by atoms with Gasteiger partial charge in [-0.15, -0.1) is 0 Å². The summed E-state index contributed by atoms with van der Waals surface area (Å²) in [6, 6.07) is 0. The van der Waals surface area contributed by atoms with E-state index in [9.17, 15) is 4.79 Å². The Bertz CT molecular complexity index is 182. The number of hydrogen-bond donors (Lipinski definition) is 0. The van der Waals surface area contributed by atoms with Gasteiger partial charge in [0.15, 0.2) is 0 Å².